The largest absolute Gasteiger partial charge is 0.466 e. The molecule has 6 nitrogen and oxygen atoms in total. The summed E-state index contributed by atoms with van der Waals surface area (Å²) >= 11 is 0. The van der Waals surface area contributed by atoms with Crippen molar-refractivity contribution < 1.29 is 24.5 Å². The Morgan fingerprint density at radius 2 is 0.676 bits per heavy atom. The molecule has 6 heteroatoms. The van der Waals surface area contributed by atoms with Gasteiger partial charge in [-0.3, -0.25) is 9.59 Å². The summed E-state index contributed by atoms with van der Waals surface area (Å²) in [5, 5.41) is 23.2. The molecule has 0 spiro atoms. The van der Waals surface area contributed by atoms with Gasteiger partial charge in [-0.25, -0.2) is 0 Å². The predicted molar refractivity (Wildman–Crippen MR) is 324 cm³/mol. The van der Waals surface area contributed by atoms with Crippen molar-refractivity contribution in [1.82, 2.24) is 5.32 Å². The van der Waals surface area contributed by atoms with Crippen molar-refractivity contribution in [3.8, 4) is 0 Å². The fraction of sp³-hybridized carbons (Fsp3) is 0.882. The molecule has 3 N–H and O–H groups in total. The number of carbonyl (C=O) groups excluding carboxylic acids is 2. The van der Waals surface area contributed by atoms with Crippen LogP contribution in [-0.4, -0.2) is 47.4 Å². The van der Waals surface area contributed by atoms with Crippen molar-refractivity contribution in [2.24, 2.45) is 0 Å². The average Bonchev–Trinajstić information content (AvgIpc) is 3.40. The zero-order valence-electron chi connectivity index (χ0n) is 49.8. The second kappa shape index (κ2) is 63.6. The van der Waals surface area contributed by atoms with Crippen LogP contribution in [0.1, 0.15) is 361 Å². The molecule has 0 aliphatic heterocycles. The molecule has 2 unspecified atom stereocenters. The number of aliphatic hydroxyl groups is 2. The first-order valence-corrected chi connectivity index (χ1v) is 33.3. The Bertz CT molecular complexity index is 1200. The fourth-order valence-corrected chi connectivity index (χ4v) is 10.3. The predicted octanol–water partition coefficient (Wildman–Crippen LogP) is 21.1. The minimum Gasteiger partial charge on any atom is -0.466 e. The molecule has 0 aromatic rings. The van der Waals surface area contributed by atoms with E-state index in [2.05, 4.69) is 43.5 Å². The molecule has 0 rings (SSSR count). The number of ether oxygens (including phenoxy) is 1. The lowest BCUT2D eigenvalue weighted by atomic mass is 10.0. The number of hydrogen-bond donors (Lipinski definition) is 3. The molecular weight excluding hydrogens is 911 g/mol. The summed E-state index contributed by atoms with van der Waals surface area (Å²) in [5.74, 6) is -0.0603. The lowest BCUT2D eigenvalue weighted by molar-refractivity contribution is -0.143. The van der Waals surface area contributed by atoms with Gasteiger partial charge < -0.3 is 20.3 Å². The van der Waals surface area contributed by atoms with Gasteiger partial charge in [-0.1, -0.05) is 320 Å². The lowest BCUT2D eigenvalue weighted by Crippen LogP contribution is -2.45. The number of rotatable bonds is 62. The Hall–Kier alpha value is -1.92. The maximum atomic E-state index is 12.5. The number of amides is 1. The Morgan fingerprint density at radius 3 is 1.03 bits per heavy atom. The van der Waals surface area contributed by atoms with Crippen LogP contribution in [0.5, 0.6) is 0 Å². The highest BCUT2D eigenvalue weighted by atomic mass is 16.5. The molecule has 0 aromatic carbocycles. The van der Waals surface area contributed by atoms with Gasteiger partial charge in [-0.15, -0.1) is 0 Å². The van der Waals surface area contributed by atoms with E-state index in [1.807, 2.05) is 6.08 Å². The van der Waals surface area contributed by atoms with Crippen molar-refractivity contribution >= 4 is 11.9 Å². The van der Waals surface area contributed by atoms with Crippen LogP contribution in [0.25, 0.3) is 0 Å². The van der Waals surface area contributed by atoms with E-state index in [-0.39, 0.29) is 18.5 Å². The Balaban J connectivity index is 3.45. The third-order valence-electron chi connectivity index (χ3n) is 15.4. The first-order valence-electron chi connectivity index (χ1n) is 33.3. The summed E-state index contributed by atoms with van der Waals surface area (Å²) in [7, 11) is 0. The molecule has 0 aliphatic carbocycles. The normalized spacial score (nSPS) is 12.8. The minimum absolute atomic E-state index is 0.0117. The average molecular weight is 1040 g/mol. The van der Waals surface area contributed by atoms with Crippen molar-refractivity contribution in [2.75, 3.05) is 13.2 Å². The van der Waals surface area contributed by atoms with Gasteiger partial charge >= 0.3 is 5.97 Å². The quantitative estimate of drug-likeness (QED) is 0.0320. The highest BCUT2D eigenvalue weighted by molar-refractivity contribution is 5.76. The number of allylic oxidation sites excluding steroid dienone is 5. The minimum atomic E-state index is -0.849. The van der Waals surface area contributed by atoms with Gasteiger partial charge in [0.15, 0.2) is 0 Å². The molecule has 0 bridgehead atoms. The summed E-state index contributed by atoms with van der Waals surface area (Å²) in [6, 6.07) is -0.633. The molecule has 0 saturated carbocycles. The molecule has 0 aromatic heterocycles. The number of aliphatic hydroxyl groups excluding tert-OH is 2. The SMILES string of the molecule is CCCCCCCCCCCCCCCCC/C=C/C(O)C(CO)NC(=O)CCCCCCCCCCC/C=C\C/C=C\CCCCCCCCCCCOC(=O)CCCCCCCCCCCCCCCCC. The number of carbonyl (C=O) groups is 2. The molecular formula is C68H129NO5. The molecule has 436 valence electrons. The van der Waals surface area contributed by atoms with Gasteiger partial charge in [0.2, 0.25) is 5.91 Å². The molecule has 2 atom stereocenters. The van der Waals surface area contributed by atoms with Crippen molar-refractivity contribution in [3.05, 3.63) is 36.5 Å². The number of esters is 1. The van der Waals surface area contributed by atoms with Gasteiger partial charge in [0.25, 0.3) is 0 Å². The number of nitrogens with one attached hydrogen (secondary N) is 1. The first kappa shape index (κ1) is 72.1. The van der Waals surface area contributed by atoms with E-state index in [9.17, 15) is 19.8 Å². The van der Waals surface area contributed by atoms with E-state index in [0.29, 0.717) is 19.4 Å². The van der Waals surface area contributed by atoms with Gasteiger partial charge in [-0.2, -0.15) is 0 Å². The number of hydrogen-bond acceptors (Lipinski definition) is 5. The van der Waals surface area contributed by atoms with E-state index in [1.54, 1.807) is 6.08 Å². The third kappa shape index (κ3) is 59.3. The third-order valence-corrected chi connectivity index (χ3v) is 15.4. The fourth-order valence-electron chi connectivity index (χ4n) is 10.3. The van der Waals surface area contributed by atoms with Crippen LogP contribution in [0.4, 0.5) is 0 Å². The molecule has 0 fully saturated rings. The summed E-state index contributed by atoms with van der Waals surface area (Å²) in [4.78, 5) is 24.6. The van der Waals surface area contributed by atoms with Crippen molar-refractivity contribution in [1.29, 1.82) is 0 Å². The van der Waals surface area contributed by atoms with Crippen molar-refractivity contribution in [3.63, 3.8) is 0 Å². The monoisotopic (exact) mass is 1040 g/mol. The Morgan fingerprint density at radius 1 is 0.378 bits per heavy atom. The van der Waals surface area contributed by atoms with E-state index in [0.717, 1.165) is 44.9 Å². The molecule has 0 saturated heterocycles. The van der Waals surface area contributed by atoms with Crippen LogP contribution in [0, 0.1) is 0 Å². The van der Waals surface area contributed by atoms with E-state index in [4.69, 9.17) is 4.74 Å². The van der Waals surface area contributed by atoms with Gasteiger partial charge in [0.1, 0.15) is 0 Å². The summed E-state index contributed by atoms with van der Waals surface area (Å²) in [6.45, 7) is 4.93. The Labute approximate surface area is 462 Å². The second-order valence-corrected chi connectivity index (χ2v) is 22.8. The lowest BCUT2D eigenvalue weighted by Gasteiger charge is -2.20. The maximum absolute atomic E-state index is 12.5. The zero-order valence-corrected chi connectivity index (χ0v) is 49.8. The molecule has 0 radical (unpaired) electrons. The van der Waals surface area contributed by atoms with E-state index < -0.39 is 12.1 Å². The maximum Gasteiger partial charge on any atom is 0.305 e. The van der Waals surface area contributed by atoms with Gasteiger partial charge in [-0.05, 0) is 64.2 Å². The van der Waals surface area contributed by atoms with Crippen LogP contribution in [0.3, 0.4) is 0 Å². The molecule has 1 amide bonds. The molecule has 0 heterocycles. The Kier molecular flexibility index (Phi) is 62.0. The van der Waals surface area contributed by atoms with Gasteiger partial charge in [0, 0.05) is 12.8 Å². The van der Waals surface area contributed by atoms with E-state index >= 15 is 0 Å². The summed E-state index contributed by atoms with van der Waals surface area (Å²) < 4.78 is 5.49. The van der Waals surface area contributed by atoms with E-state index in [1.165, 1.54) is 289 Å². The van der Waals surface area contributed by atoms with Crippen LogP contribution in [-0.2, 0) is 14.3 Å². The second-order valence-electron chi connectivity index (χ2n) is 22.8. The van der Waals surface area contributed by atoms with Crippen LogP contribution >= 0.6 is 0 Å². The van der Waals surface area contributed by atoms with Crippen molar-refractivity contribution in [2.45, 2.75) is 373 Å². The molecule has 0 aliphatic rings. The first-order chi connectivity index (χ1) is 36.5. The molecule has 74 heavy (non-hydrogen) atoms. The van der Waals surface area contributed by atoms with Crippen LogP contribution in [0.2, 0.25) is 0 Å². The standard InChI is InChI=1S/C68H129NO5/c1-3-5-7-9-11-13-15-17-19-29-33-36-40-44-48-52-56-60-66(71)65(64-70)69-67(72)61-57-53-49-45-41-37-34-30-27-25-23-21-20-22-24-26-28-31-35-39-43-47-51-55-59-63-74-68(73)62-58-54-50-46-42-38-32-18-16-14-12-10-8-6-4-2/h21-24,56,60,65-66,70-71H,3-20,25-55,57-59,61-64H2,1-2H3,(H,69,72)/b23-21-,24-22-,60-56+. The zero-order chi connectivity index (χ0) is 53.6. The van der Waals surface area contributed by atoms with Crippen LogP contribution < -0.4 is 5.32 Å². The van der Waals surface area contributed by atoms with Crippen LogP contribution in [0.15, 0.2) is 36.5 Å². The summed E-state index contributed by atoms with van der Waals surface area (Å²) in [6.07, 6.45) is 80.6. The highest BCUT2D eigenvalue weighted by Crippen LogP contribution is 2.18. The summed E-state index contributed by atoms with van der Waals surface area (Å²) in [5.41, 5.74) is 0. The van der Waals surface area contributed by atoms with Gasteiger partial charge in [0.05, 0.1) is 25.4 Å². The smallest absolute Gasteiger partial charge is 0.305 e. The highest BCUT2D eigenvalue weighted by Gasteiger charge is 2.18. The number of unbranched alkanes of at least 4 members (excludes halogenated alkanes) is 47. The topological polar surface area (TPSA) is 95.9 Å².